The second-order valence-electron chi connectivity index (χ2n) is 4.93. The minimum atomic E-state index is -0.511. The Labute approximate surface area is 135 Å². The molecule has 1 aromatic heterocycles. The quantitative estimate of drug-likeness (QED) is 0.318. The van der Waals surface area contributed by atoms with Crippen LogP contribution < -0.4 is 5.56 Å². The lowest BCUT2D eigenvalue weighted by Gasteiger charge is -2.11. The predicted octanol–water partition coefficient (Wildman–Crippen LogP) is 3.07. The molecular weight excluding hydrogens is 314 g/mol. The van der Waals surface area contributed by atoms with Crippen molar-refractivity contribution in [2.45, 2.75) is 11.7 Å². The van der Waals surface area contributed by atoms with Crippen molar-refractivity contribution in [3.8, 4) is 0 Å². The number of nitrogens with zero attached hydrogens (tertiary/aromatic N) is 3. The van der Waals surface area contributed by atoms with Crippen LogP contribution in [0.1, 0.15) is 5.56 Å². The predicted molar refractivity (Wildman–Crippen MR) is 90.0 cm³/mol. The Morgan fingerprint density at radius 1 is 1.22 bits per heavy atom. The van der Waals surface area contributed by atoms with Crippen molar-refractivity contribution in [2.24, 2.45) is 0 Å². The summed E-state index contributed by atoms with van der Waals surface area (Å²) >= 11 is 1.37. The normalized spacial score (nSPS) is 10.8. The fourth-order valence-corrected chi connectivity index (χ4v) is 2.92. The number of fused-ring (bicyclic) bond motifs is 1. The molecule has 0 aliphatic rings. The Hall–Kier alpha value is -2.67. The lowest BCUT2D eigenvalue weighted by Crippen LogP contribution is -2.24. The van der Waals surface area contributed by atoms with Crippen molar-refractivity contribution < 1.29 is 4.92 Å². The molecule has 0 atom stereocenters. The molecule has 23 heavy (non-hydrogen) atoms. The van der Waals surface area contributed by atoms with E-state index in [2.05, 4.69) is 4.98 Å². The molecule has 0 saturated carbocycles. The number of thioether (sulfide) groups is 1. The maximum atomic E-state index is 12.8. The van der Waals surface area contributed by atoms with Crippen LogP contribution in [0.15, 0.2) is 58.5 Å². The topological polar surface area (TPSA) is 78.0 Å². The maximum Gasteiger partial charge on any atom is 0.270 e. The molecule has 6 nitrogen and oxygen atoms in total. The van der Waals surface area contributed by atoms with E-state index in [1.807, 2.05) is 36.6 Å². The minimum Gasteiger partial charge on any atom is -0.283 e. The number of rotatable bonds is 4. The Morgan fingerprint density at radius 3 is 2.61 bits per heavy atom. The van der Waals surface area contributed by atoms with Crippen LogP contribution in [0.3, 0.4) is 0 Å². The molecule has 0 fully saturated rings. The summed E-state index contributed by atoms with van der Waals surface area (Å²) in [5.41, 5.74) is 1.05. The number of nitro benzene ring substituents is 1. The summed E-state index contributed by atoms with van der Waals surface area (Å²) in [7, 11) is 0. The summed E-state index contributed by atoms with van der Waals surface area (Å²) in [5, 5.41) is 11.8. The van der Waals surface area contributed by atoms with E-state index in [0.29, 0.717) is 17.2 Å². The molecule has 2 aromatic carbocycles. The molecule has 1 heterocycles. The van der Waals surface area contributed by atoms with Gasteiger partial charge in [-0.25, -0.2) is 4.98 Å². The van der Waals surface area contributed by atoms with Crippen LogP contribution in [0.2, 0.25) is 0 Å². The molecule has 0 radical (unpaired) electrons. The van der Waals surface area contributed by atoms with Crippen LogP contribution in [0.4, 0.5) is 5.69 Å². The van der Waals surface area contributed by atoms with Crippen molar-refractivity contribution >= 4 is 28.4 Å². The number of aromatic nitrogens is 2. The first kappa shape index (κ1) is 15.2. The zero-order valence-corrected chi connectivity index (χ0v) is 13.1. The first-order valence-corrected chi connectivity index (χ1v) is 8.09. The highest BCUT2D eigenvalue weighted by Gasteiger charge is 2.14. The number of hydrogen-bond acceptors (Lipinski definition) is 5. The van der Waals surface area contributed by atoms with Crippen molar-refractivity contribution in [3.05, 3.63) is 74.6 Å². The molecule has 0 spiro atoms. The molecule has 0 aliphatic carbocycles. The zero-order chi connectivity index (χ0) is 16.4. The van der Waals surface area contributed by atoms with E-state index in [4.69, 9.17) is 0 Å². The van der Waals surface area contributed by atoms with Crippen molar-refractivity contribution in [2.75, 3.05) is 6.26 Å². The second-order valence-corrected chi connectivity index (χ2v) is 5.71. The second kappa shape index (κ2) is 6.21. The van der Waals surface area contributed by atoms with Crippen LogP contribution in [0.5, 0.6) is 0 Å². The smallest absolute Gasteiger partial charge is 0.270 e. The highest BCUT2D eigenvalue weighted by molar-refractivity contribution is 7.98. The van der Waals surface area contributed by atoms with Crippen molar-refractivity contribution in [1.29, 1.82) is 0 Å². The molecule has 7 heteroatoms. The first-order valence-electron chi connectivity index (χ1n) is 6.87. The van der Waals surface area contributed by atoms with Crippen LogP contribution >= 0.6 is 11.8 Å². The summed E-state index contributed by atoms with van der Waals surface area (Å²) in [6.07, 6.45) is 1.85. The molecular formula is C16H13N3O3S. The van der Waals surface area contributed by atoms with Gasteiger partial charge >= 0.3 is 0 Å². The van der Waals surface area contributed by atoms with Gasteiger partial charge in [-0.05, 0) is 17.9 Å². The van der Waals surface area contributed by atoms with Crippen molar-refractivity contribution in [3.63, 3.8) is 0 Å². The van der Waals surface area contributed by atoms with Crippen LogP contribution in [-0.2, 0) is 6.54 Å². The molecule has 0 N–H and O–H groups in total. The standard InChI is InChI=1S/C16H13N3O3S/c1-23-16-17-14-8-7-12(19(21)22)9-13(14)15(20)18(16)10-11-5-3-2-4-6-11/h2-9H,10H2,1H3. The molecule has 3 rings (SSSR count). The van der Waals surface area contributed by atoms with E-state index >= 15 is 0 Å². The van der Waals surface area contributed by atoms with Gasteiger partial charge in [0.25, 0.3) is 11.2 Å². The van der Waals surface area contributed by atoms with Gasteiger partial charge < -0.3 is 0 Å². The van der Waals surface area contributed by atoms with E-state index in [9.17, 15) is 14.9 Å². The van der Waals surface area contributed by atoms with Gasteiger partial charge in [-0.3, -0.25) is 19.5 Å². The average molecular weight is 327 g/mol. The van der Waals surface area contributed by atoms with Gasteiger partial charge in [-0.1, -0.05) is 42.1 Å². The first-order chi connectivity index (χ1) is 11.1. The Kier molecular flexibility index (Phi) is 4.12. The van der Waals surface area contributed by atoms with Gasteiger partial charge in [-0.2, -0.15) is 0 Å². The van der Waals surface area contributed by atoms with E-state index in [1.165, 1.54) is 30.0 Å². The number of benzene rings is 2. The lowest BCUT2D eigenvalue weighted by molar-refractivity contribution is -0.384. The third-order valence-electron chi connectivity index (χ3n) is 3.48. The lowest BCUT2D eigenvalue weighted by atomic mass is 10.2. The molecule has 0 saturated heterocycles. The fraction of sp³-hybridized carbons (Fsp3) is 0.125. The largest absolute Gasteiger partial charge is 0.283 e. The van der Waals surface area contributed by atoms with Gasteiger partial charge in [0.2, 0.25) is 0 Å². The summed E-state index contributed by atoms with van der Waals surface area (Å²) in [6.45, 7) is 0.376. The van der Waals surface area contributed by atoms with Crippen molar-refractivity contribution in [1.82, 2.24) is 9.55 Å². The summed E-state index contributed by atoms with van der Waals surface area (Å²) in [6, 6.07) is 13.7. The molecule has 3 aromatic rings. The average Bonchev–Trinajstić information content (AvgIpc) is 2.57. The maximum absolute atomic E-state index is 12.8. The number of hydrogen-bond donors (Lipinski definition) is 0. The molecule has 0 amide bonds. The monoisotopic (exact) mass is 327 g/mol. The van der Waals surface area contributed by atoms with Gasteiger partial charge in [0.05, 0.1) is 22.4 Å². The van der Waals surface area contributed by atoms with E-state index in [0.717, 1.165) is 5.56 Å². The third kappa shape index (κ3) is 2.95. The van der Waals surface area contributed by atoms with Gasteiger partial charge in [0, 0.05) is 12.1 Å². The number of non-ortho nitro benzene ring substituents is 1. The third-order valence-corrected chi connectivity index (χ3v) is 4.16. The highest BCUT2D eigenvalue weighted by Crippen LogP contribution is 2.20. The fourth-order valence-electron chi connectivity index (χ4n) is 2.36. The Balaban J connectivity index is 2.21. The summed E-state index contributed by atoms with van der Waals surface area (Å²) in [5.74, 6) is 0. The van der Waals surface area contributed by atoms with E-state index in [-0.39, 0.29) is 16.6 Å². The molecule has 0 unspecified atom stereocenters. The van der Waals surface area contributed by atoms with E-state index in [1.54, 1.807) is 4.57 Å². The molecule has 116 valence electrons. The molecule has 0 aliphatic heterocycles. The van der Waals surface area contributed by atoms with Crippen LogP contribution in [-0.4, -0.2) is 20.7 Å². The van der Waals surface area contributed by atoms with Gasteiger partial charge in [-0.15, -0.1) is 0 Å². The van der Waals surface area contributed by atoms with Gasteiger partial charge in [0.1, 0.15) is 0 Å². The Bertz CT molecular complexity index is 938. The SMILES string of the molecule is CSc1nc2ccc([N+](=O)[O-])cc2c(=O)n1Cc1ccccc1. The molecule has 0 bridgehead atoms. The van der Waals surface area contributed by atoms with E-state index < -0.39 is 4.92 Å². The van der Waals surface area contributed by atoms with Crippen LogP contribution in [0.25, 0.3) is 10.9 Å². The zero-order valence-electron chi connectivity index (χ0n) is 12.3. The Morgan fingerprint density at radius 2 is 1.96 bits per heavy atom. The van der Waals surface area contributed by atoms with Gasteiger partial charge in [0.15, 0.2) is 5.16 Å². The number of nitro groups is 1. The summed E-state index contributed by atoms with van der Waals surface area (Å²) < 4.78 is 1.55. The highest BCUT2D eigenvalue weighted by atomic mass is 32.2. The minimum absolute atomic E-state index is 0.112. The van der Waals surface area contributed by atoms with Crippen LogP contribution in [0, 0.1) is 10.1 Å². The summed E-state index contributed by atoms with van der Waals surface area (Å²) in [4.78, 5) is 27.6.